The van der Waals surface area contributed by atoms with Crippen LogP contribution in [0.2, 0.25) is 10.0 Å². The fraction of sp³-hybridized carbons (Fsp3) is 0.0435. The second kappa shape index (κ2) is 9.91. The van der Waals surface area contributed by atoms with E-state index in [9.17, 15) is 4.79 Å². The van der Waals surface area contributed by atoms with Crippen LogP contribution in [0.15, 0.2) is 71.3 Å². The quantitative estimate of drug-likeness (QED) is 0.292. The summed E-state index contributed by atoms with van der Waals surface area (Å²) in [5.74, 6) is 0.141. The molecular weight excluding hydrogens is 467 g/mol. The van der Waals surface area contributed by atoms with Gasteiger partial charge in [0.05, 0.1) is 0 Å². The average Bonchev–Trinajstić information content (AvgIpc) is 3.22. The Hall–Kier alpha value is -3.26. The molecule has 0 bridgehead atoms. The van der Waals surface area contributed by atoms with Crippen molar-refractivity contribution in [3.05, 3.63) is 88.0 Å². The number of carbonyl (C=O) groups excluding carboxylic acids is 1. The maximum absolute atomic E-state index is 12.1. The summed E-state index contributed by atoms with van der Waals surface area (Å²) in [6, 6.07) is 16.3. The van der Waals surface area contributed by atoms with Crippen LogP contribution in [0.5, 0.6) is 0 Å². The Labute approximate surface area is 199 Å². The molecule has 1 amide bonds. The van der Waals surface area contributed by atoms with Gasteiger partial charge < -0.3 is 9.73 Å². The third-order valence-electron chi connectivity index (χ3n) is 4.43. The number of fused-ring (bicyclic) bond motifs is 1. The molecule has 6 nitrogen and oxygen atoms in total. The fourth-order valence-electron chi connectivity index (χ4n) is 2.84. The molecule has 32 heavy (non-hydrogen) atoms. The van der Waals surface area contributed by atoms with Crippen molar-refractivity contribution in [2.75, 3.05) is 0 Å². The van der Waals surface area contributed by atoms with E-state index in [0.29, 0.717) is 39.3 Å². The maximum Gasteiger partial charge on any atom is 0.250 e. The van der Waals surface area contributed by atoms with Gasteiger partial charge in [0.25, 0.3) is 0 Å². The van der Waals surface area contributed by atoms with E-state index in [2.05, 4.69) is 20.6 Å². The van der Waals surface area contributed by atoms with Crippen LogP contribution in [0, 0.1) is 0 Å². The van der Waals surface area contributed by atoms with Crippen LogP contribution in [0.1, 0.15) is 11.1 Å². The number of benzene rings is 2. The van der Waals surface area contributed by atoms with Gasteiger partial charge in [0.15, 0.2) is 16.3 Å². The van der Waals surface area contributed by atoms with Gasteiger partial charge >= 0.3 is 0 Å². The summed E-state index contributed by atoms with van der Waals surface area (Å²) in [6.07, 6.45) is 4.62. The van der Waals surface area contributed by atoms with Crippen LogP contribution >= 0.6 is 35.4 Å². The van der Waals surface area contributed by atoms with E-state index in [0.717, 1.165) is 11.1 Å². The molecule has 0 radical (unpaired) electrons. The van der Waals surface area contributed by atoms with Crippen molar-refractivity contribution < 1.29 is 9.21 Å². The molecule has 4 rings (SSSR count). The zero-order valence-electron chi connectivity index (χ0n) is 16.5. The van der Waals surface area contributed by atoms with Crippen LogP contribution in [0.25, 0.3) is 28.8 Å². The number of oxazole rings is 1. The van der Waals surface area contributed by atoms with E-state index in [4.69, 9.17) is 39.8 Å². The highest BCUT2D eigenvalue weighted by atomic mass is 35.5. The minimum Gasteiger partial charge on any atom is -0.434 e. The monoisotopic (exact) mass is 482 g/mol. The number of pyridine rings is 1. The van der Waals surface area contributed by atoms with E-state index < -0.39 is 0 Å². The number of rotatable bonds is 5. The topological polar surface area (TPSA) is 80.0 Å². The molecule has 0 saturated carbocycles. The molecule has 0 spiro atoms. The van der Waals surface area contributed by atoms with Crippen molar-refractivity contribution >= 4 is 63.7 Å². The zero-order chi connectivity index (χ0) is 22.5. The first-order chi connectivity index (χ1) is 15.5. The molecule has 4 aromatic rings. The Morgan fingerprint density at radius 2 is 1.94 bits per heavy atom. The standard InChI is InChI=1S/C23H16Cl2N4O2S/c24-17-9-7-15(18(25)12-17)8-10-20(30)28-23(32)27-13-14-3-5-16(6-4-14)22-29-21-19(31-22)2-1-11-26-21/h1-12H,13H2,(H2,27,28,30,32)/b10-8+. The summed E-state index contributed by atoms with van der Waals surface area (Å²) < 4.78 is 5.73. The number of carbonyl (C=O) groups is 1. The first-order valence-electron chi connectivity index (χ1n) is 9.51. The number of hydrogen-bond donors (Lipinski definition) is 2. The fourth-order valence-corrected chi connectivity index (χ4v) is 3.48. The molecule has 2 aromatic carbocycles. The predicted octanol–water partition coefficient (Wildman–Crippen LogP) is 5.40. The van der Waals surface area contributed by atoms with Crippen molar-refractivity contribution in [2.24, 2.45) is 0 Å². The normalized spacial score (nSPS) is 11.1. The van der Waals surface area contributed by atoms with Crippen molar-refractivity contribution in [3.63, 3.8) is 0 Å². The molecule has 2 N–H and O–H groups in total. The molecule has 160 valence electrons. The molecule has 9 heteroatoms. The summed E-state index contributed by atoms with van der Waals surface area (Å²) >= 11 is 17.1. The lowest BCUT2D eigenvalue weighted by molar-refractivity contribution is -0.115. The van der Waals surface area contributed by atoms with E-state index in [-0.39, 0.29) is 11.0 Å². The van der Waals surface area contributed by atoms with Crippen LogP contribution < -0.4 is 10.6 Å². The van der Waals surface area contributed by atoms with Crippen LogP contribution in [0.3, 0.4) is 0 Å². The summed E-state index contributed by atoms with van der Waals surface area (Å²) in [7, 11) is 0. The minimum absolute atomic E-state index is 0.218. The predicted molar refractivity (Wildman–Crippen MR) is 130 cm³/mol. The molecule has 2 aromatic heterocycles. The Kier molecular flexibility index (Phi) is 6.80. The maximum atomic E-state index is 12.1. The van der Waals surface area contributed by atoms with Gasteiger partial charge in [0, 0.05) is 34.4 Å². The number of aromatic nitrogens is 2. The van der Waals surface area contributed by atoms with E-state index >= 15 is 0 Å². The van der Waals surface area contributed by atoms with E-state index in [1.807, 2.05) is 30.3 Å². The lowest BCUT2D eigenvalue weighted by atomic mass is 10.1. The SMILES string of the molecule is O=C(/C=C/c1ccc(Cl)cc1Cl)NC(=S)NCc1ccc(-c2nc3ncccc3o2)cc1. The van der Waals surface area contributed by atoms with Gasteiger partial charge in [-0.05, 0) is 65.8 Å². The van der Waals surface area contributed by atoms with Gasteiger partial charge in [-0.25, -0.2) is 4.98 Å². The number of thiocarbonyl (C=S) groups is 1. The summed E-state index contributed by atoms with van der Waals surface area (Å²) in [5, 5.41) is 6.80. The third-order valence-corrected chi connectivity index (χ3v) is 5.24. The van der Waals surface area contributed by atoms with E-state index in [1.165, 1.54) is 6.08 Å². The number of hydrogen-bond acceptors (Lipinski definition) is 5. The molecule has 0 fully saturated rings. The van der Waals surface area contributed by atoms with E-state index in [1.54, 1.807) is 36.5 Å². The van der Waals surface area contributed by atoms with Crippen molar-refractivity contribution in [3.8, 4) is 11.5 Å². The van der Waals surface area contributed by atoms with Crippen molar-refractivity contribution in [1.82, 2.24) is 20.6 Å². The van der Waals surface area contributed by atoms with Gasteiger partial charge in [0.2, 0.25) is 11.8 Å². The molecule has 0 unspecified atom stereocenters. The van der Waals surface area contributed by atoms with Crippen molar-refractivity contribution in [2.45, 2.75) is 6.54 Å². The Balaban J connectivity index is 1.29. The summed E-state index contributed by atoms with van der Waals surface area (Å²) in [6.45, 7) is 0.446. The zero-order valence-corrected chi connectivity index (χ0v) is 18.8. The van der Waals surface area contributed by atoms with Crippen LogP contribution in [-0.2, 0) is 11.3 Å². The lowest BCUT2D eigenvalue weighted by Crippen LogP contribution is -2.37. The Morgan fingerprint density at radius 3 is 2.69 bits per heavy atom. The summed E-state index contributed by atoms with van der Waals surface area (Å²) in [4.78, 5) is 20.6. The lowest BCUT2D eigenvalue weighted by Gasteiger charge is -2.08. The Bertz CT molecular complexity index is 1290. The van der Waals surface area contributed by atoms with Gasteiger partial charge in [0.1, 0.15) is 0 Å². The highest BCUT2D eigenvalue weighted by Crippen LogP contribution is 2.23. The summed E-state index contributed by atoms with van der Waals surface area (Å²) in [5.41, 5.74) is 3.71. The van der Waals surface area contributed by atoms with Gasteiger partial charge in [-0.15, -0.1) is 0 Å². The third kappa shape index (κ3) is 5.50. The van der Waals surface area contributed by atoms with Crippen molar-refractivity contribution in [1.29, 1.82) is 0 Å². The number of amides is 1. The molecular formula is C23H16Cl2N4O2S. The number of halogens is 2. The largest absolute Gasteiger partial charge is 0.434 e. The average molecular weight is 483 g/mol. The highest BCUT2D eigenvalue weighted by molar-refractivity contribution is 7.80. The highest BCUT2D eigenvalue weighted by Gasteiger charge is 2.09. The molecule has 0 atom stereocenters. The van der Waals surface area contributed by atoms with Crippen LogP contribution in [0.4, 0.5) is 0 Å². The van der Waals surface area contributed by atoms with Gasteiger partial charge in [-0.2, -0.15) is 4.98 Å². The number of nitrogens with zero attached hydrogens (tertiary/aromatic N) is 2. The molecule has 0 aliphatic heterocycles. The first-order valence-corrected chi connectivity index (χ1v) is 10.7. The first kappa shape index (κ1) is 22.0. The second-order valence-electron chi connectivity index (χ2n) is 6.71. The molecule has 0 aliphatic carbocycles. The second-order valence-corrected chi connectivity index (χ2v) is 7.96. The molecule has 2 heterocycles. The van der Waals surface area contributed by atoms with Gasteiger partial charge in [-0.3, -0.25) is 10.1 Å². The smallest absolute Gasteiger partial charge is 0.250 e. The molecule has 0 aliphatic rings. The van der Waals surface area contributed by atoms with Gasteiger partial charge in [-0.1, -0.05) is 41.4 Å². The number of nitrogens with one attached hydrogen (secondary N) is 2. The Morgan fingerprint density at radius 1 is 1.12 bits per heavy atom. The van der Waals surface area contributed by atoms with Crippen LogP contribution in [-0.4, -0.2) is 21.0 Å². The molecule has 0 saturated heterocycles. The minimum atomic E-state index is -0.367.